The molecule has 0 bridgehead atoms. The summed E-state index contributed by atoms with van der Waals surface area (Å²) in [5.74, 6) is -0.503. The van der Waals surface area contributed by atoms with Crippen LogP contribution in [0.1, 0.15) is 6.42 Å². The Kier molecular flexibility index (Phi) is 7.61. The van der Waals surface area contributed by atoms with Crippen LogP contribution < -0.4 is 26.9 Å². The number of ether oxygens (including phenoxy) is 1. The highest BCUT2D eigenvalue weighted by Crippen LogP contribution is 2.17. The second-order valence-electron chi connectivity index (χ2n) is 4.18. The van der Waals surface area contributed by atoms with Gasteiger partial charge in [-0.2, -0.15) is 8.94 Å². The maximum absolute atomic E-state index is 11.7. The van der Waals surface area contributed by atoms with Crippen LogP contribution in [0, 0.1) is 0 Å². The van der Waals surface area contributed by atoms with Crippen molar-refractivity contribution in [1.82, 2.24) is 14.7 Å². The van der Waals surface area contributed by atoms with Crippen molar-refractivity contribution in [2.24, 2.45) is 0 Å². The maximum atomic E-state index is 11.7. The molecule has 22 heavy (non-hydrogen) atoms. The summed E-state index contributed by atoms with van der Waals surface area (Å²) in [5.41, 5.74) is 0.958. The smallest absolute Gasteiger partial charge is 0.307 e. The van der Waals surface area contributed by atoms with Crippen molar-refractivity contribution in [3.8, 4) is 10.6 Å². The van der Waals surface area contributed by atoms with Gasteiger partial charge in [-0.1, -0.05) is 0 Å². The number of carbonyl (C=O) groups excluding carboxylic acids is 2. The van der Waals surface area contributed by atoms with Crippen LogP contribution in [0.4, 0.5) is 0 Å². The Labute approximate surface area is 142 Å². The normalized spacial score (nSPS) is 9.68. The first-order valence-corrected chi connectivity index (χ1v) is 7.06. The minimum absolute atomic E-state index is 0. The van der Waals surface area contributed by atoms with E-state index in [-0.39, 0.29) is 48.4 Å². The van der Waals surface area contributed by atoms with Crippen molar-refractivity contribution >= 4 is 23.4 Å². The van der Waals surface area contributed by atoms with Crippen molar-refractivity contribution in [2.75, 3.05) is 13.7 Å². The lowest BCUT2D eigenvalue weighted by Gasteiger charge is -2.02. The molecule has 0 aromatic carbocycles. The minimum Gasteiger partial charge on any atom is -1.00 e. The SMILES string of the molecule is COC(=O)CCNC(=O)C[n+]1ccc(-c2ncns2)cc1.[Br-]. The fourth-order valence-corrected chi connectivity index (χ4v) is 2.16. The Hall–Kier alpha value is -1.87. The first-order chi connectivity index (χ1) is 10.2. The molecule has 0 aliphatic rings. The number of hydrogen-bond donors (Lipinski definition) is 1. The zero-order chi connectivity index (χ0) is 15.1. The van der Waals surface area contributed by atoms with Crippen LogP contribution in [0.5, 0.6) is 0 Å². The van der Waals surface area contributed by atoms with E-state index in [2.05, 4.69) is 19.4 Å². The van der Waals surface area contributed by atoms with Crippen molar-refractivity contribution in [3.63, 3.8) is 0 Å². The summed E-state index contributed by atoms with van der Waals surface area (Å²) in [6.45, 7) is 0.465. The molecule has 0 fully saturated rings. The summed E-state index contributed by atoms with van der Waals surface area (Å²) in [6, 6.07) is 3.75. The number of nitrogens with zero attached hydrogens (tertiary/aromatic N) is 3. The molecule has 2 heterocycles. The molecule has 0 radical (unpaired) electrons. The Morgan fingerprint density at radius 3 is 2.68 bits per heavy atom. The van der Waals surface area contributed by atoms with Gasteiger partial charge in [-0.05, 0) is 11.5 Å². The Bertz CT molecular complexity index is 604. The summed E-state index contributed by atoms with van der Waals surface area (Å²) >= 11 is 1.32. The van der Waals surface area contributed by atoms with E-state index >= 15 is 0 Å². The molecule has 1 amide bonds. The molecule has 0 unspecified atom stereocenters. The third kappa shape index (κ3) is 5.49. The van der Waals surface area contributed by atoms with Crippen LogP contribution in [0.25, 0.3) is 10.6 Å². The number of methoxy groups -OCH3 is 1. The molecule has 2 rings (SSSR count). The number of esters is 1. The van der Waals surface area contributed by atoms with Crippen LogP contribution in [-0.2, 0) is 20.9 Å². The van der Waals surface area contributed by atoms with E-state index in [1.807, 2.05) is 12.1 Å². The van der Waals surface area contributed by atoms with Gasteiger partial charge in [-0.15, -0.1) is 0 Å². The van der Waals surface area contributed by atoms with Gasteiger partial charge in [0.05, 0.1) is 13.5 Å². The van der Waals surface area contributed by atoms with Gasteiger partial charge in [-0.25, -0.2) is 4.98 Å². The average Bonchev–Trinajstić information content (AvgIpc) is 3.02. The molecule has 0 saturated heterocycles. The molecule has 0 aliphatic heterocycles. The van der Waals surface area contributed by atoms with Gasteiger partial charge >= 0.3 is 5.97 Å². The van der Waals surface area contributed by atoms with Gasteiger partial charge in [0.1, 0.15) is 11.3 Å². The fraction of sp³-hybridized carbons (Fsp3) is 0.308. The number of pyridine rings is 1. The zero-order valence-corrected chi connectivity index (χ0v) is 14.3. The molecule has 2 aromatic rings. The van der Waals surface area contributed by atoms with E-state index in [0.717, 1.165) is 10.6 Å². The third-order valence-electron chi connectivity index (χ3n) is 2.70. The molecule has 2 aromatic heterocycles. The van der Waals surface area contributed by atoms with Gasteiger partial charge < -0.3 is 27.0 Å². The van der Waals surface area contributed by atoms with Crippen LogP contribution in [0.15, 0.2) is 30.9 Å². The quantitative estimate of drug-likeness (QED) is 0.427. The van der Waals surface area contributed by atoms with Gasteiger partial charge in [0.2, 0.25) is 6.54 Å². The van der Waals surface area contributed by atoms with E-state index < -0.39 is 0 Å². The van der Waals surface area contributed by atoms with Gasteiger partial charge in [0.25, 0.3) is 5.91 Å². The maximum Gasteiger partial charge on any atom is 0.307 e. The van der Waals surface area contributed by atoms with Crippen molar-refractivity contribution < 1.29 is 35.9 Å². The molecule has 0 saturated carbocycles. The topological polar surface area (TPSA) is 85.1 Å². The second-order valence-corrected chi connectivity index (χ2v) is 4.96. The van der Waals surface area contributed by atoms with E-state index in [9.17, 15) is 9.59 Å². The Morgan fingerprint density at radius 1 is 1.36 bits per heavy atom. The highest BCUT2D eigenvalue weighted by Gasteiger charge is 2.10. The van der Waals surface area contributed by atoms with Crippen molar-refractivity contribution in [1.29, 1.82) is 0 Å². The number of carbonyl (C=O) groups is 2. The van der Waals surface area contributed by atoms with Crippen molar-refractivity contribution in [2.45, 2.75) is 13.0 Å². The lowest BCUT2D eigenvalue weighted by atomic mass is 10.3. The molecule has 0 aliphatic carbocycles. The average molecular weight is 387 g/mol. The second kappa shape index (κ2) is 9.21. The number of hydrogen-bond acceptors (Lipinski definition) is 6. The zero-order valence-electron chi connectivity index (χ0n) is 11.9. The molecule has 0 spiro atoms. The summed E-state index contributed by atoms with van der Waals surface area (Å²) in [7, 11) is 1.32. The number of rotatable bonds is 6. The predicted octanol–water partition coefficient (Wildman–Crippen LogP) is -2.82. The summed E-state index contributed by atoms with van der Waals surface area (Å²) in [6.07, 6.45) is 5.28. The van der Waals surface area contributed by atoms with Crippen LogP contribution >= 0.6 is 11.5 Å². The third-order valence-corrected chi connectivity index (χ3v) is 3.42. The highest BCUT2D eigenvalue weighted by molar-refractivity contribution is 7.09. The van der Waals surface area contributed by atoms with Crippen LogP contribution in [0.2, 0.25) is 0 Å². The van der Waals surface area contributed by atoms with Gasteiger partial charge in [-0.3, -0.25) is 9.59 Å². The van der Waals surface area contributed by atoms with Crippen LogP contribution in [-0.4, -0.2) is 34.9 Å². The van der Waals surface area contributed by atoms with Gasteiger partial charge in [0, 0.05) is 24.2 Å². The molecule has 9 heteroatoms. The van der Waals surface area contributed by atoms with E-state index in [1.165, 1.54) is 25.0 Å². The van der Waals surface area contributed by atoms with E-state index in [0.29, 0.717) is 0 Å². The first-order valence-electron chi connectivity index (χ1n) is 6.28. The standard InChI is InChI=1S/C13H14N4O3S.BrH/c1-20-12(19)2-5-14-11(18)8-17-6-3-10(4-7-17)13-15-9-16-21-13;/h3-4,6-7,9H,2,5,8H2,1H3;1H. The number of aromatic nitrogens is 3. The number of amides is 1. The van der Waals surface area contributed by atoms with Gasteiger partial charge in [0.15, 0.2) is 12.4 Å². The molecular formula is C13H15BrN4O3S. The monoisotopic (exact) mass is 386 g/mol. The van der Waals surface area contributed by atoms with E-state index in [4.69, 9.17) is 0 Å². The molecule has 7 nitrogen and oxygen atoms in total. The number of halogens is 1. The lowest BCUT2D eigenvalue weighted by molar-refractivity contribution is -0.684. The molecule has 1 N–H and O–H groups in total. The molecule has 0 atom stereocenters. The summed E-state index contributed by atoms with van der Waals surface area (Å²) < 4.78 is 10.2. The largest absolute Gasteiger partial charge is 1.00 e. The van der Waals surface area contributed by atoms with E-state index in [1.54, 1.807) is 17.0 Å². The summed E-state index contributed by atoms with van der Waals surface area (Å²) in [4.78, 5) is 26.7. The Balaban J connectivity index is 0.00000242. The molecular weight excluding hydrogens is 372 g/mol. The Morgan fingerprint density at radius 2 is 2.09 bits per heavy atom. The summed E-state index contributed by atoms with van der Waals surface area (Å²) in [5, 5.41) is 3.50. The minimum atomic E-state index is -0.343. The lowest BCUT2D eigenvalue weighted by Crippen LogP contribution is -3.00. The predicted molar refractivity (Wildman–Crippen MR) is 75.2 cm³/mol. The highest BCUT2D eigenvalue weighted by atomic mass is 79.9. The number of nitrogens with one attached hydrogen (secondary N) is 1. The molecule has 118 valence electrons. The van der Waals surface area contributed by atoms with Crippen LogP contribution in [0.3, 0.4) is 0 Å². The first kappa shape index (κ1) is 18.2. The fourth-order valence-electron chi connectivity index (χ4n) is 1.63. The van der Waals surface area contributed by atoms with Crippen molar-refractivity contribution in [3.05, 3.63) is 30.9 Å².